The molecule has 0 saturated carbocycles. The first kappa shape index (κ1) is 17.7. The first-order valence-corrected chi connectivity index (χ1v) is 10.1. The summed E-state index contributed by atoms with van der Waals surface area (Å²) in [6.45, 7) is 0.226. The topological polar surface area (TPSA) is 69.7 Å². The van der Waals surface area contributed by atoms with Gasteiger partial charge >= 0.3 is 0 Å². The van der Waals surface area contributed by atoms with Crippen LogP contribution < -0.4 is 15.2 Å². The van der Waals surface area contributed by atoms with E-state index in [0.717, 1.165) is 44.9 Å². The number of nitrogens with zero attached hydrogens (tertiary/aromatic N) is 2. The number of amidine groups is 1. The summed E-state index contributed by atoms with van der Waals surface area (Å²) in [6.07, 6.45) is 3.65. The number of nitrogens with two attached hydrogens (primary N) is 1. The molecule has 2 aliphatic rings. The molecular weight excluding hydrogens is 386 g/mol. The molecule has 5 heteroatoms. The molecular formula is C26H19N3O2. The van der Waals surface area contributed by atoms with Gasteiger partial charge in [0.15, 0.2) is 11.5 Å². The summed E-state index contributed by atoms with van der Waals surface area (Å²) in [5.41, 5.74) is 11.8. The van der Waals surface area contributed by atoms with Gasteiger partial charge in [-0.3, -0.25) is 4.98 Å². The predicted octanol–water partition coefficient (Wildman–Crippen LogP) is 4.49. The Bertz CT molecular complexity index is 1330. The van der Waals surface area contributed by atoms with Gasteiger partial charge in [-0.1, -0.05) is 54.6 Å². The van der Waals surface area contributed by atoms with E-state index in [4.69, 9.17) is 20.2 Å². The number of ether oxygens (including phenoxy) is 2. The van der Waals surface area contributed by atoms with Crippen LogP contribution in [0.15, 0.2) is 96.2 Å². The van der Waals surface area contributed by atoms with Crippen LogP contribution in [0, 0.1) is 0 Å². The minimum absolute atomic E-state index is 0.226. The highest BCUT2D eigenvalue weighted by Crippen LogP contribution is 2.48. The van der Waals surface area contributed by atoms with Crippen LogP contribution in [0.25, 0.3) is 11.1 Å². The molecule has 0 saturated heterocycles. The van der Waals surface area contributed by atoms with Crippen LogP contribution >= 0.6 is 0 Å². The first-order valence-electron chi connectivity index (χ1n) is 10.1. The fourth-order valence-corrected chi connectivity index (χ4v) is 4.51. The lowest BCUT2D eigenvalue weighted by Gasteiger charge is -2.29. The maximum Gasteiger partial charge on any atom is 0.231 e. The van der Waals surface area contributed by atoms with Crippen LogP contribution in [0.5, 0.6) is 11.5 Å². The van der Waals surface area contributed by atoms with Crippen molar-refractivity contribution in [3.8, 4) is 22.6 Å². The normalized spacial score (nSPS) is 18.5. The number of fused-ring (bicyclic) bond motifs is 2. The zero-order valence-corrected chi connectivity index (χ0v) is 16.7. The molecule has 4 aromatic rings. The third kappa shape index (κ3) is 2.63. The third-order valence-corrected chi connectivity index (χ3v) is 5.95. The lowest BCUT2D eigenvalue weighted by molar-refractivity contribution is 0.174. The maximum atomic E-state index is 6.44. The van der Waals surface area contributed by atoms with E-state index in [2.05, 4.69) is 41.4 Å². The number of rotatable bonds is 3. The largest absolute Gasteiger partial charge is 0.454 e. The van der Waals surface area contributed by atoms with Gasteiger partial charge in [-0.05, 0) is 52.1 Å². The number of benzene rings is 3. The Labute approximate surface area is 179 Å². The summed E-state index contributed by atoms with van der Waals surface area (Å²) < 4.78 is 11.2. The second-order valence-corrected chi connectivity index (χ2v) is 7.64. The second kappa shape index (κ2) is 6.71. The Kier molecular flexibility index (Phi) is 3.83. The van der Waals surface area contributed by atoms with Gasteiger partial charge in [-0.25, -0.2) is 4.99 Å². The number of aliphatic imine (C=N–C) groups is 1. The van der Waals surface area contributed by atoms with Crippen molar-refractivity contribution in [3.05, 3.63) is 114 Å². The highest BCUT2D eigenvalue weighted by Gasteiger charge is 2.43. The molecule has 2 N–H and O–H groups in total. The van der Waals surface area contributed by atoms with Crippen molar-refractivity contribution in [1.82, 2.24) is 4.98 Å². The molecule has 0 radical (unpaired) electrons. The number of hydrogen-bond donors (Lipinski definition) is 1. The minimum atomic E-state index is -0.778. The molecule has 2 aliphatic heterocycles. The standard InChI is InChI=1S/C26H19N3O2/c27-25-21-8-1-2-9-22(21)26(29-25,20-10-11-23-24(14-20)31-16-30-23)19-7-3-5-17(13-19)18-6-4-12-28-15-18/h1-15H,16H2,(H2,27,29). The molecule has 31 heavy (non-hydrogen) atoms. The van der Waals surface area contributed by atoms with Gasteiger partial charge in [0.1, 0.15) is 11.4 Å². The predicted molar refractivity (Wildman–Crippen MR) is 119 cm³/mol. The Morgan fingerprint density at radius 3 is 2.52 bits per heavy atom. The smallest absolute Gasteiger partial charge is 0.231 e. The molecule has 1 unspecified atom stereocenters. The van der Waals surface area contributed by atoms with E-state index in [0.29, 0.717) is 5.84 Å². The molecule has 1 atom stereocenters. The summed E-state index contributed by atoms with van der Waals surface area (Å²) in [4.78, 5) is 9.34. The fraction of sp³-hybridized carbons (Fsp3) is 0.0769. The van der Waals surface area contributed by atoms with Gasteiger partial charge in [0.2, 0.25) is 6.79 Å². The molecule has 0 amide bonds. The molecule has 0 fully saturated rings. The highest BCUT2D eigenvalue weighted by molar-refractivity contribution is 6.03. The van der Waals surface area contributed by atoms with E-state index < -0.39 is 5.54 Å². The lowest BCUT2D eigenvalue weighted by atomic mass is 9.77. The van der Waals surface area contributed by atoms with Crippen molar-refractivity contribution in [2.24, 2.45) is 10.7 Å². The summed E-state index contributed by atoms with van der Waals surface area (Å²) in [6, 6.07) is 26.5. The molecule has 150 valence electrons. The van der Waals surface area contributed by atoms with E-state index in [1.165, 1.54) is 0 Å². The Morgan fingerprint density at radius 2 is 1.61 bits per heavy atom. The fourth-order valence-electron chi connectivity index (χ4n) is 4.51. The van der Waals surface area contributed by atoms with Crippen molar-refractivity contribution < 1.29 is 9.47 Å². The molecule has 0 aliphatic carbocycles. The SMILES string of the molecule is NC1=NC(c2cccc(-c3cccnc3)c2)(c2ccc3c(c2)OCO3)c2ccccc21. The van der Waals surface area contributed by atoms with Crippen LogP contribution in [-0.2, 0) is 5.54 Å². The maximum absolute atomic E-state index is 6.44. The van der Waals surface area contributed by atoms with Crippen LogP contribution in [-0.4, -0.2) is 17.6 Å². The third-order valence-electron chi connectivity index (χ3n) is 5.95. The van der Waals surface area contributed by atoms with E-state index in [-0.39, 0.29) is 6.79 Å². The number of aromatic nitrogens is 1. The van der Waals surface area contributed by atoms with E-state index in [1.54, 1.807) is 6.20 Å². The first-order chi connectivity index (χ1) is 15.3. The van der Waals surface area contributed by atoms with Crippen LogP contribution in [0.3, 0.4) is 0 Å². The van der Waals surface area contributed by atoms with Gasteiger partial charge in [-0.15, -0.1) is 0 Å². The number of pyridine rings is 1. The van der Waals surface area contributed by atoms with Crippen LogP contribution in [0.2, 0.25) is 0 Å². The van der Waals surface area contributed by atoms with Crippen molar-refractivity contribution in [2.75, 3.05) is 6.79 Å². The summed E-state index contributed by atoms with van der Waals surface area (Å²) >= 11 is 0. The van der Waals surface area contributed by atoms with Crippen molar-refractivity contribution in [2.45, 2.75) is 5.54 Å². The molecule has 0 spiro atoms. The average Bonchev–Trinajstić information content (AvgIpc) is 3.42. The second-order valence-electron chi connectivity index (χ2n) is 7.64. The Balaban J connectivity index is 1.62. The highest BCUT2D eigenvalue weighted by atomic mass is 16.7. The summed E-state index contributed by atoms with van der Waals surface area (Å²) in [5, 5.41) is 0. The molecule has 1 aromatic heterocycles. The zero-order chi connectivity index (χ0) is 20.8. The number of hydrogen-bond acceptors (Lipinski definition) is 5. The summed E-state index contributed by atoms with van der Waals surface area (Å²) in [5.74, 6) is 1.99. The van der Waals surface area contributed by atoms with Gasteiger partial charge in [0.25, 0.3) is 0 Å². The van der Waals surface area contributed by atoms with Crippen LogP contribution in [0.1, 0.15) is 22.3 Å². The molecule has 0 bridgehead atoms. The minimum Gasteiger partial charge on any atom is -0.454 e. The zero-order valence-electron chi connectivity index (χ0n) is 16.7. The van der Waals surface area contributed by atoms with E-state index in [1.807, 2.05) is 48.7 Å². The summed E-state index contributed by atoms with van der Waals surface area (Å²) in [7, 11) is 0. The molecule has 3 heterocycles. The Morgan fingerprint density at radius 1 is 0.774 bits per heavy atom. The van der Waals surface area contributed by atoms with E-state index >= 15 is 0 Å². The quantitative estimate of drug-likeness (QED) is 0.545. The van der Waals surface area contributed by atoms with Crippen LogP contribution in [0.4, 0.5) is 0 Å². The Hall–Kier alpha value is -4.12. The monoisotopic (exact) mass is 405 g/mol. The van der Waals surface area contributed by atoms with Gasteiger partial charge in [0, 0.05) is 18.0 Å². The molecule has 6 rings (SSSR count). The van der Waals surface area contributed by atoms with Crippen molar-refractivity contribution in [3.63, 3.8) is 0 Å². The van der Waals surface area contributed by atoms with Gasteiger partial charge in [-0.2, -0.15) is 0 Å². The van der Waals surface area contributed by atoms with Crippen molar-refractivity contribution in [1.29, 1.82) is 0 Å². The average molecular weight is 405 g/mol. The molecule has 5 nitrogen and oxygen atoms in total. The van der Waals surface area contributed by atoms with Crippen molar-refractivity contribution >= 4 is 5.84 Å². The van der Waals surface area contributed by atoms with E-state index in [9.17, 15) is 0 Å². The molecule has 3 aromatic carbocycles. The van der Waals surface area contributed by atoms with Gasteiger partial charge in [0.05, 0.1) is 0 Å². The van der Waals surface area contributed by atoms with Gasteiger partial charge < -0.3 is 15.2 Å². The lowest BCUT2D eigenvalue weighted by Crippen LogP contribution is -2.25.